The Bertz CT molecular complexity index is 747. The van der Waals surface area contributed by atoms with Crippen LogP contribution in [0.15, 0.2) is 35.3 Å². The number of aromatic nitrogens is 1. The Kier molecular flexibility index (Phi) is 5.65. The van der Waals surface area contributed by atoms with Crippen molar-refractivity contribution in [3.63, 3.8) is 0 Å². The molecular weight excluding hydrogens is 312 g/mol. The molecule has 1 heterocycles. The molecule has 1 unspecified atom stereocenters. The number of rotatable bonds is 6. The van der Waals surface area contributed by atoms with E-state index in [0.717, 1.165) is 11.2 Å². The first-order chi connectivity index (χ1) is 10.9. The fourth-order valence-electron chi connectivity index (χ4n) is 2.30. The van der Waals surface area contributed by atoms with E-state index >= 15 is 0 Å². The predicted molar refractivity (Wildman–Crippen MR) is 95.4 cm³/mol. The number of benzene rings is 1. The Morgan fingerprint density at radius 2 is 2.09 bits per heavy atom. The normalized spacial score (nSPS) is 14.0. The first-order valence-corrected chi connectivity index (χ1v) is 9.65. The van der Waals surface area contributed by atoms with Crippen LogP contribution in [0.3, 0.4) is 0 Å². The number of nitrogens with zero attached hydrogens (tertiary/aromatic N) is 1. The van der Waals surface area contributed by atoms with Gasteiger partial charge in [-0.25, -0.2) is 8.42 Å². The third-order valence-corrected chi connectivity index (χ3v) is 4.54. The van der Waals surface area contributed by atoms with E-state index in [0.29, 0.717) is 18.9 Å². The van der Waals surface area contributed by atoms with Gasteiger partial charge >= 0.3 is 0 Å². The monoisotopic (exact) mass is 336 g/mol. The lowest BCUT2D eigenvalue weighted by Crippen LogP contribution is -2.42. The van der Waals surface area contributed by atoms with Crippen molar-refractivity contribution in [2.24, 2.45) is 4.99 Å². The smallest absolute Gasteiger partial charge is 0.191 e. The number of guanidine groups is 1. The van der Waals surface area contributed by atoms with E-state index in [-0.39, 0.29) is 11.8 Å². The van der Waals surface area contributed by atoms with E-state index < -0.39 is 9.84 Å². The number of fused-ring (bicyclic) bond motifs is 1. The van der Waals surface area contributed by atoms with Crippen LogP contribution in [0.2, 0.25) is 0 Å². The van der Waals surface area contributed by atoms with Crippen molar-refractivity contribution in [2.45, 2.75) is 25.9 Å². The van der Waals surface area contributed by atoms with Crippen LogP contribution in [0, 0.1) is 0 Å². The van der Waals surface area contributed by atoms with Gasteiger partial charge in [-0.2, -0.15) is 0 Å². The predicted octanol–water partition coefficient (Wildman–Crippen LogP) is 1.66. The van der Waals surface area contributed by atoms with Crippen molar-refractivity contribution in [3.05, 3.63) is 36.0 Å². The maximum Gasteiger partial charge on any atom is 0.191 e. The maximum absolute atomic E-state index is 11.2. The van der Waals surface area contributed by atoms with Crippen molar-refractivity contribution >= 4 is 26.7 Å². The van der Waals surface area contributed by atoms with Crippen LogP contribution in [0.1, 0.15) is 19.0 Å². The number of hydrogen-bond donors (Lipinski definition) is 3. The average molecular weight is 336 g/mol. The molecule has 0 amide bonds. The summed E-state index contributed by atoms with van der Waals surface area (Å²) in [7, 11) is -1.24. The highest BCUT2D eigenvalue weighted by Gasteiger charge is 2.09. The Balaban J connectivity index is 1.87. The van der Waals surface area contributed by atoms with E-state index in [1.54, 1.807) is 7.05 Å². The van der Waals surface area contributed by atoms with Gasteiger partial charge in [-0.15, -0.1) is 0 Å². The zero-order valence-corrected chi connectivity index (χ0v) is 14.6. The second kappa shape index (κ2) is 7.50. The second-order valence-corrected chi connectivity index (χ2v) is 8.03. The topological polar surface area (TPSA) is 86.3 Å². The lowest BCUT2D eigenvalue weighted by atomic mass is 10.2. The average Bonchev–Trinajstić information content (AvgIpc) is 2.91. The molecule has 2 rings (SSSR count). The molecule has 0 radical (unpaired) electrons. The van der Waals surface area contributed by atoms with Gasteiger partial charge < -0.3 is 15.6 Å². The highest BCUT2D eigenvalue weighted by molar-refractivity contribution is 7.90. The third-order valence-electron chi connectivity index (χ3n) is 3.56. The van der Waals surface area contributed by atoms with E-state index in [9.17, 15) is 8.42 Å². The van der Waals surface area contributed by atoms with Crippen molar-refractivity contribution in [3.8, 4) is 0 Å². The molecule has 1 aromatic carbocycles. The van der Waals surface area contributed by atoms with Gasteiger partial charge in [0.15, 0.2) is 5.96 Å². The summed E-state index contributed by atoms with van der Waals surface area (Å²) in [5.41, 5.74) is 2.17. The molecule has 1 atom stereocenters. The standard InChI is InChI=1S/C16H24N4O2S/c1-12(8-9-23(3,21)22)19-16(17-2)18-11-14-10-13-6-4-5-7-15(13)20-14/h4-7,10,12,20H,8-9,11H2,1-3H3,(H2,17,18,19). The number of aliphatic imine (C=N–C) groups is 1. The molecule has 23 heavy (non-hydrogen) atoms. The summed E-state index contributed by atoms with van der Waals surface area (Å²) >= 11 is 0. The fraction of sp³-hybridized carbons (Fsp3) is 0.438. The lowest BCUT2D eigenvalue weighted by molar-refractivity contribution is 0.581. The molecule has 3 N–H and O–H groups in total. The van der Waals surface area contributed by atoms with Gasteiger partial charge in [-0.1, -0.05) is 18.2 Å². The molecule has 0 aliphatic heterocycles. The molecule has 0 aliphatic carbocycles. The second-order valence-electron chi connectivity index (χ2n) is 5.77. The zero-order chi connectivity index (χ0) is 16.9. The van der Waals surface area contributed by atoms with E-state index in [1.165, 1.54) is 11.6 Å². The van der Waals surface area contributed by atoms with E-state index in [4.69, 9.17) is 0 Å². The van der Waals surface area contributed by atoms with Crippen molar-refractivity contribution in [1.82, 2.24) is 15.6 Å². The van der Waals surface area contributed by atoms with Crippen LogP contribution < -0.4 is 10.6 Å². The maximum atomic E-state index is 11.2. The van der Waals surface area contributed by atoms with Gasteiger partial charge in [0, 0.05) is 30.6 Å². The number of nitrogens with one attached hydrogen (secondary N) is 3. The van der Waals surface area contributed by atoms with Crippen LogP contribution in [0.4, 0.5) is 0 Å². The summed E-state index contributed by atoms with van der Waals surface area (Å²) < 4.78 is 22.4. The molecule has 0 spiro atoms. The summed E-state index contributed by atoms with van der Waals surface area (Å²) in [6, 6.07) is 10.2. The van der Waals surface area contributed by atoms with Crippen LogP contribution in [0.25, 0.3) is 10.9 Å². The summed E-state index contributed by atoms with van der Waals surface area (Å²) in [5.74, 6) is 0.824. The number of para-hydroxylation sites is 1. The molecule has 0 bridgehead atoms. The van der Waals surface area contributed by atoms with Crippen LogP contribution >= 0.6 is 0 Å². The summed E-state index contributed by atoms with van der Waals surface area (Å²) in [6.07, 6.45) is 1.80. The minimum absolute atomic E-state index is 0.0265. The number of H-pyrrole nitrogens is 1. The Morgan fingerprint density at radius 3 is 2.74 bits per heavy atom. The highest BCUT2D eigenvalue weighted by Crippen LogP contribution is 2.14. The largest absolute Gasteiger partial charge is 0.357 e. The molecule has 0 saturated carbocycles. The minimum atomic E-state index is -2.94. The van der Waals surface area contributed by atoms with Crippen molar-refractivity contribution < 1.29 is 8.42 Å². The molecule has 126 valence electrons. The Labute approximate surface area is 137 Å². The van der Waals surface area contributed by atoms with Gasteiger partial charge in [0.05, 0.1) is 12.3 Å². The number of sulfone groups is 1. The molecule has 0 aliphatic rings. The summed E-state index contributed by atoms with van der Waals surface area (Å²) in [6.45, 7) is 2.56. The quantitative estimate of drug-likeness (QED) is 0.553. The molecular formula is C16H24N4O2S. The molecule has 6 nitrogen and oxygen atoms in total. The zero-order valence-electron chi connectivity index (χ0n) is 13.8. The molecule has 0 fully saturated rings. The van der Waals surface area contributed by atoms with Gasteiger partial charge in [0.2, 0.25) is 0 Å². The molecule has 0 saturated heterocycles. The highest BCUT2D eigenvalue weighted by atomic mass is 32.2. The van der Waals surface area contributed by atoms with Crippen molar-refractivity contribution in [2.75, 3.05) is 19.1 Å². The van der Waals surface area contributed by atoms with E-state index in [1.807, 2.05) is 25.1 Å². The fourth-order valence-corrected chi connectivity index (χ4v) is 3.08. The van der Waals surface area contributed by atoms with Gasteiger partial charge in [-0.05, 0) is 30.9 Å². The van der Waals surface area contributed by atoms with Crippen molar-refractivity contribution in [1.29, 1.82) is 0 Å². The van der Waals surface area contributed by atoms with Gasteiger partial charge in [0.25, 0.3) is 0 Å². The first-order valence-electron chi connectivity index (χ1n) is 7.59. The Morgan fingerprint density at radius 1 is 1.35 bits per heavy atom. The molecule has 7 heteroatoms. The van der Waals surface area contributed by atoms with E-state index in [2.05, 4.69) is 32.7 Å². The first kappa shape index (κ1) is 17.3. The lowest BCUT2D eigenvalue weighted by Gasteiger charge is -2.17. The van der Waals surface area contributed by atoms with Gasteiger partial charge in [-0.3, -0.25) is 4.99 Å². The third kappa shape index (κ3) is 5.59. The molecule has 2 aromatic rings. The number of hydrogen-bond acceptors (Lipinski definition) is 3. The summed E-state index contributed by atoms with van der Waals surface area (Å²) in [5, 5.41) is 7.61. The number of aromatic amines is 1. The van der Waals surface area contributed by atoms with Crippen LogP contribution in [-0.4, -0.2) is 44.5 Å². The Hall–Kier alpha value is -2.02. The van der Waals surface area contributed by atoms with Crippen LogP contribution in [-0.2, 0) is 16.4 Å². The minimum Gasteiger partial charge on any atom is -0.357 e. The SMILES string of the molecule is CN=C(NCc1cc2ccccc2[nH]1)NC(C)CCS(C)(=O)=O. The van der Waals surface area contributed by atoms with Crippen LogP contribution in [0.5, 0.6) is 0 Å². The molecule has 1 aromatic heterocycles. The van der Waals surface area contributed by atoms with Gasteiger partial charge in [0.1, 0.15) is 9.84 Å². The summed E-state index contributed by atoms with van der Waals surface area (Å²) in [4.78, 5) is 7.52.